The molecule has 0 saturated carbocycles. The van der Waals surface area contributed by atoms with Gasteiger partial charge in [-0.25, -0.2) is 4.90 Å². The minimum Gasteiger partial charge on any atom is -0.445 e. The van der Waals surface area contributed by atoms with Gasteiger partial charge < -0.3 is 13.9 Å². The number of hydrogen-bond acceptors (Lipinski definition) is 6. The van der Waals surface area contributed by atoms with Crippen LogP contribution in [0, 0.1) is 0 Å². The van der Waals surface area contributed by atoms with Gasteiger partial charge in [-0.3, -0.25) is 0 Å². The number of furan rings is 1. The Labute approximate surface area is 175 Å². The molecule has 6 nitrogen and oxygen atoms in total. The second-order valence-corrected chi connectivity index (χ2v) is 7.31. The lowest BCUT2D eigenvalue weighted by molar-refractivity contribution is -0.176. The van der Waals surface area contributed by atoms with Crippen LogP contribution in [-0.2, 0) is 15.1 Å². The number of rotatable bonds is 5. The molecule has 6 heteroatoms. The van der Waals surface area contributed by atoms with Crippen LogP contribution in [0.2, 0.25) is 0 Å². The van der Waals surface area contributed by atoms with Gasteiger partial charge >= 0.3 is 0 Å². The molecular weight excluding hydrogens is 378 g/mol. The van der Waals surface area contributed by atoms with Crippen LogP contribution in [0.4, 0.5) is 5.88 Å². The molecule has 0 radical (unpaired) electrons. The van der Waals surface area contributed by atoms with Gasteiger partial charge in [-0.05, 0) is 29.3 Å². The normalized spacial score (nSPS) is 23.9. The number of nitrogens with zero attached hydrogens (tertiary/aromatic N) is 3. The van der Waals surface area contributed by atoms with Crippen molar-refractivity contribution < 1.29 is 13.9 Å². The lowest BCUT2D eigenvalue weighted by Crippen LogP contribution is -2.53. The molecule has 1 unspecified atom stereocenters. The molecule has 2 aliphatic heterocycles. The first-order chi connectivity index (χ1) is 14.8. The predicted molar refractivity (Wildman–Crippen MR) is 112 cm³/mol. The number of ether oxygens (including phenoxy) is 2. The summed E-state index contributed by atoms with van der Waals surface area (Å²) in [5.74, 6) is -0.612. The molecule has 1 saturated heterocycles. The number of hydrogen-bond donors (Lipinski definition) is 0. The predicted octanol–water partition coefficient (Wildman–Crippen LogP) is 4.88. The average molecular weight is 401 g/mol. The van der Waals surface area contributed by atoms with Crippen molar-refractivity contribution in [3.05, 3.63) is 102 Å². The van der Waals surface area contributed by atoms with Gasteiger partial charge in [0.25, 0.3) is 5.85 Å². The van der Waals surface area contributed by atoms with Gasteiger partial charge in [-0.2, -0.15) is 0 Å². The molecule has 152 valence electrons. The van der Waals surface area contributed by atoms with E-state index >= 15 is 0 Å². The summed E-state index contributed by atoms with van der Waals surface area (Å²) < 4.78 is 17.8. The maximum atomic E-state index is 6.90. The molecule has 0 spiro atoms. The second kappa shape index (κ2) is 7.99. The summed E-state index contributed by atoms with van der Waals surface area (Å²) in [6.07, 6.45) is 5.68. The molecule has 0 bridgehead atoms. The fraction of sp³-hybridized carbons (Fsp3) is 0.250. The van der Waals surface area contributed by atoms with E-state index in [2.05, 4.69) is 45.5 Å². The third-order valence-corrected chi connectivity index (χ3v) is 5.51. The molecule has 3 heterocycles. The van der Waals surface area contributed by atoms with Crippen molar-refractivity contribution in [3.8, 4) is 0 Å². The van der Waals surface area contributed by atoms with Gasteiger partial charge in [0.05, 0.1) is 19.5 Å². The van der Waals surface area contributed by atoms with Gasteiger partial charge in [0, 0.05) is 19.2 Å². The third kappa shape index (κ3) is 3.39. The van der Waals surface area contributed by atoms with Crippen LogP contribution in [0.1, 0.15) is 11.1 Å². The average Bonchev–Trinajstić information content (AvgIpc) is 3.49. The molecule has 30 heavy (non-hydrogen) atoms. The smallest absolute Gasteiger partial charge is 0.259 e. The largest absolute Gasteiger partial charge is 0.445 e. The number of benzene rings is 2. The third-order valence-electron chi connectivity index (χ3n) is 5.51. The molecule has 0 amide bonds. The Bertz CT molecular complexity index is 973. The van der Waals surface area contributed by atoms with E-state index in [9.17, 15) is 0 Å². The summed E-state index contributed by atoms with van der Waals surface area (Å²) in [5, 5.41) is 9.01. The lowest BCUT2D eigenvalue weighted by atomic mass is 9.86. The summed E-state index contributed by atoms with van der Waals surface area (Å²) in [6.45, 7) is 2.64. The lowest BCUT2D eigenvalue weighted by Gasteiger charge is -2.41. The highest BCUT2D eigenvalue weighted by molar-refractivity contribution is 5.44. The molecular formula is C24H23N3O3. The maximum absolute atomic E-state index is 6.90. The Morgan fingerprint density at radius 3 is 2.03 bits per heavy atom. The molecule has 3 aromatic rings. The van der Waals surface area contributed by atoms with Crippen molar-refractivity contribution >= 4 is 5.88 Å². The Morgan fingerprint density at radius 1 is 0.767 bits per heavy atom. The molecule has 5 rings (SSSR count). The van der Waals surface area contributed by atoms with Crippen molar-refractivity contribution in [3.63, 3.8) is 0 Å². The molecule has 1 atom stereocenters. The van der Waals surface area contributed by atoms with Crippen LogP contribution in [0.5, 0.6) is 0 Å². The van der Waals surface area contributed by atoms with Crippen LogP contribution < -0.4 is 0 Å². The van der Waals surface area contributed by atoms with Crippen molar-refractivity contribution in [1.82, 2.24) is 4.90 Å². The van der Waals surface area contributed by atoms with Crippen LogP contribution in [0.25, 0.3) is 0 Å². The zero-order valence-corrected chi connectivity index (χ0v) is 16.6. The minimum absolute atomic E-state index is 0.441. The summed E-state index contributed by atoms with van der Waals surface area (Å²) in [6, 6.07) is 24.0. The van der Waals surface area contributed by atoms with Crippen molar-refractivity contribution in [2.45, 2.75) is 11.4 Å². The maximum Gasteiger partial charge on any atom is 0.259 e. The first-order valence-corrected chi connectivity index (χ1v) is 10.1. The second-order valence-electron chi connectivity index (χ2n) is 7.31. The molecule has 1 aromatic heterocycles. The fourth-order valence-electron chi connectivity index (χ4n) is 4.00. The van der Waals surface area contributed by atoms with E-state index in [1.165, 1.54) is 0 Å². The van der Waals surface area contributed by atoms with Crippen LogP contribution in [-0.4, -0.2) is 37.1 Å². The number of morpholine rings is 1. The summed E-state index contributed by atoms with van der Waals surface area (Å²) in [4.78, 5) is 2.16. The van der Waals surface area contributed by atoms with Gasteiger partial charge in [-0.1, -0.05) is 60.7 Å². The van der Waals surface area contributed by atoms with Crippen molar-refractivity contribution in [1.29, 1.82) is 0 Å². The van der Waals surface area contributed by atoms with E-state index in [1.54, 1.807) is 18.4 Å². The highest BCUT2D eigenvalue weighted by atomic mass is 16.6. The Morgan fingerprint density at radius 2 is 1.43 bits per heavy atom. The monoisotopic (exact) mass is 401 g/mol. The first-order valence-electron chi connectivity index (χ1n) is 10.1. The van der Waals surface area contributed by atoms with E-state index in [0.29, 0.717) is 32.2 Å². The van der Waals surface area contributed by atoms with E-state index in [4.69, 9.17) is 13.9 Å². The van der Waals surface area contributed by atoms with Crippen LogP contribution in [0.15, 0.2) is 106 Å². The fourth-order valence-corrected chi connectivity index (χ4v) is 4.00. The standard InChI is InChI=1S/C24H23N3O3/c1-3-8-20(9-4-1)23(21-10-5-2-6-11-21)13-14-24(30-23,27-15-18-28-19-16-27)26-25-22-12-7-17-29-22/h1-14,17H,15-16,18-19H2. The minimum atomic E-state index is -1.05. The number of azo groups is 1. The Hall–Kier alpha value is -3.06. The van der Waals surface area contributed by atoms with E-state index < -0.39 is 11.4 Å². The van der Waals surface area contributed by atoms with Gasteiger partial charge in [-0.15, -0.1) is 10.2 Å². The highest BCUT2D eigenvalue weighted by Gasteiger charge is 2.51. The molecule has 0 aliphatic carbocycles. The SMILES string of the molecule is C1=CC(N=Nc2ccco2)(N2CCOCC2)OC1(c1ccccc1)c1ccccc1. The van der Waals surface area contributed by atoms with E-state index in [0.717, 1.165) is 11.1 Å². The summed E-state index contributed by atoms with van der Waals surface area (Å²) >= 11 is 0. The highest BCUT2D eigenvalue weighted by Crippen LogP contribution is 2.46. The topological polar surface area (TPSA) is 59.6 Å². The van der Waals surface area contributed by atoms with Crippen molar-refractivity contribution in [2.75, 3.05) is 26.3 Å². The zero-order chi connectivity index (χ0) is 20.3. The van der Waals surface area contributed by atoms with Gasteiger partial charge in [0.2, 0.25) is 5.88 Å². The quantitative estimate of drug-likeness (QED) is 0.452. The molecule has 0 N–H and O–H groups in total. The van der Waals surface area contributed by atoms with E-state index in [-0.39, 0.29) is 0 Å². The molecule has 2 aliphatic rings. The molecule has 1 fully saturated rings. The van der Waals surface area contributed by atoms with Crippen molar-refractivity contribution in [2.24, 2.45) is 10.2 Å². The van der Waals surface area contributed by atoms with Gasteiger partial charge in [0.1, 0.15) is 5.60 Å². The first kappa shape index (κ1) is 18.9. The van der Waals surface area contributed by atoms with Crippen LogP contribution in [0.3, 0.4) is 0 Å². The Balaban J connectivity index is 1.60. The summed E-state index contributed by atoms with van der Waals surface area (Å²) in [7, 11) is 0. The van der Waals surface area contributed by atoms with Gasteiger partial charge in [0.15, 0.2) is 0 Å². The Kier molecular flexibility index (Phi) is 5.04. The van der Waals surface area contributed by atoms with Crippen LogP contribution >= 0.6 is 0 Å². The molecule has 2 aromatic carbocycles. The van der Waals surface area contributed by atoms with E-state index in [1.807, 2.05) is 42.5 Å². The summed E-state index contributed by atoms with van der Waals surface area (Å²) in [5.41, 5.74) is 1.30. The zero-order valence-electron chi connectivity index (χ0n) is 16.6.